The Morgan fingerprint density at radius 1 is 0.844 bits per heavy atom. The third-order valence-electron chi connectivity index (χ3n) is 5.74. The van der Waals surface area contributed by atoms with Gasteiger partial charge in [-0.3, -0.25) is 4.79 Å². The van der Waals surface area contributed by atoms with E-state index in [4.69, 9.17) is 4.74 Å². The summed E-state index contributed by atoms with van der Waals surface area (Å²) in [7, 11) is -7.22. The molecule has 176 valence electrons. The summed E-state index contributed by atoms with van der Waals surface area (Å²) in [5.41, 5.74) is 4.31. The van der Waals surface area contributed by atoms with Crippen LogP contribution >= 0.6 is 0 Å². The van der Waals surface area contributed by atoms with Crippen LogP contribution in [0.3, 0.4) is 0 Å². The highest BCUT2D eigenvalue weighted by molar-refractivity contribution is 7.91. The molecule has 9 heteroatoms. The Bertz CT molecular complexity index is 1160. The molecule has 32 heavy (non-hydrogen) atoms. The molecule has 0 radical (unpaired) electrons. The van der Waals surface area contributed by atoms with Gasteiger partial charge in [0.15, 0.2) is 9.84 Å². The van der Waals surface area contributed by atoms with Crippen LogP contribution in [0.2, 0.25) is 0 Å². The zero-order valence-electron chi connectivity index (χ0n) is 19.2. The number of rotatable bonds is 10. The molecule has 0 bridgehead atoms. The molecule has 0 unspecified atom stereocenters. The normalized spacial score (nSPS) is 12.0. The number of hydrogen-bond acceptors (Lipinski definition) is 6. The first-order chi connectivity index (χ1) is 14.9. The van der Waals surface area contributed by atoms with Gasteiger partial charge in [0.2, 0.25) is 10.0 Å². The molecule has 0 aromatic heterocycles. The highest BCUT2D eigenvalue weighted by atomic mass is 32.2. The van der Waals surface area contributed by atoms with Gasteiger partial charge in [-0.15, -0.1) is 0 Å². The van der Waals surface area contributed by atoms with Gasteiger partial charge >= 0.3 is 5.97 Å². The first-order valence-electron chi connectivity index (χ1n) is 10.4. The standard InChI is InChI=1S/C23H31NO6S2/c1-16-17(2)19(4)23(20(5)18(16)3)32(28,29)24-13-12-22(25)30-14-9-15-31(26,27)21-10-7-6-8-11-21/h6-8,10-11,24H,9,12-15H2,1-5H3. The summed E-state index contributed by atoms with van der Waals surface area (Å²) in [6.07, 6.45) is 0.0155. The molecule has 0 amide bonds. The van der Waals surface area contributed by atoms with E-state index in [1.807, 2.05) is 20.8 Å². The van der Waals surface area contributed by atoms with Crippen molar-refractivity contribution in [3.8, 4) is 0 Å². The Kier molecular flexibility index (Phi) is 8.61. The van der Waals surface area contributed by atoms with Crippen LogP contribution in [0.1, 0.15) is 40.7 Å². The molecule has 0 spiro atoms. The SMILES string of the molecule is Cc1c(C)c(C)c(S(=O)(=O)NCCC(=O)OCCCS(=O)(=O)c2ccccc2)c(C)c1C. The summed E-state index contributed by atoms with van der Waals surface area (Å²) >= 11 is 0. The molecular weight excluding hydrogens is 450 g/mol. The van der Waals surface area contributed by atoms with Crippen LogP contribution in [0.4, 0.5) is 0 Å². The quantitative estimate of drug-likeness (QED) is 0.412. The predicted octanol–water partition coefficient (Wildman–Crippen LogP) is 3.30. The van der Waals surface area contributed by atoms with Crippen LogP contribution < -0.4 is 4.72 Å². The number of nitrogens with one attached hydrogen (secondary N) is 1. The second-order valence-corrected chi connectivity index (χ2v) is 11.6. The summed E-state index contributed by atoms with van der Waals surface area (Å²) < 4.78 is 57.6. The second-order valence-electron chi connectivity index (χ2n) is 7.81. The van der Waals surface area contributed by atoms with E-state index in [-0.39, 0.29) is 41.5 Å². The zero-order chi connectivity index (χ0) is 24.1. The smallest absolute Gasteiger partial charge is 0.307 e. The van der Waals surface area contributed by atoms with Gasteiger partial charge in [0, 0.05) is 6.54 Å². The fourth-order valence-electron chi connectivity index (χ4n) is 3.48. The molecule has 0 saturated carbocycles. The number of benzene rings is 2. The number of hydrogen-bond donors (Lipinski definition) is 1. The maximum absolute atomic E-state index is 12.8. The van der Waals surface area contributed by atoms with E-state index < -0.39 is 25.8 Å². The van der Waals surface area contributed by atoms with Gasteiger partial charge in [-0.1, -0.05) is 18.2 Å². The van der Waals surface area contributed by atoms with E-state index in [0.29, 0.717) is 11.1 Å². The van der Waals surface area contributed by atoms with Gasteiger partial charge in [0.1, 0.15) is 0 Å². The Labute approximate surface area is 191 Å². The lowest BCUT2D eigenvalue weighted by Gasteiger charge is -2.19. The van der Waals surface area contributed by atoms with Gasteiger partial charge in [-0.2, -0.15) is 0 Å². The van der Waals surface area contributed by atoms with Gasteiger partial charge in [0.05, 0.1) is 28.6 Å². The Morgan fingerprint density at radius 3 is 1.94 bits per heavy atom. The third-order valence-corrected chi connectivity index (χ3v) is 9.29. The summed E-state index contributed by atoms with van der Waals surface area (Å²) in [6, 6.07) is 8.08. The number of carbonyl (C=O) groups excluding carboxylic acids is 1. The molecule has 2 rings (SSSR count). The molecule has 0 atom stereocenters. The van der Waals surface area contributed by atoms with Crippen molar-refractivity contribution in [2.45, 2.75) is 57.3 Å². The second kappa shape index (κ2) is 10.6. The summed E-state index contributed by atoms with van der Waals surface area (Å²) in [5, 5.41) is 0. The molecular formula is C23H31NO6S2. The molecule has 0 heterocycles. The Hall–Kier alpha value is -2.23. The van der Waals surface area contributed by atoms with Crippen molar-refractivity contribution >= 4 is 25.8 Å². The molecule has 0 fully saturated rings. The van der Waals surface area contributed by atoms with E-state index in [0.717, 1.165) is 16.7 Å². The zero-order valence-corrected chi connectivity index (χ0v) is 20.8. The fraction of sp³-hybridized carbons (Fsp3) is 0.435. The highest BCUT2D eigenvalue weighted by Gasteiger charge is 2.23. The monoisotopic (exact) mass is 481 g/mol. The molecule has 7 nitrogen and oxygen atoms in total. The minimum absolute atomic E-state index is 0.0494. The number of sulfone groups is 1. The van der Waals surface area contributed by atoms with Crippen molar-refractivity contribution in [3.63, 3.8) is 0 Å². The summed E-state index contributed by atoms with van der Waals surface area (Å²) in [4.78, 5) is 12.4. The number of esters is 1. The maximum Gasteiger partial charge on any atom is 0.307 e. The van der Waals surface area contributed by atoms with E-state index in [9.17, 15) is 21.6 Å². The molecule has 0 aliphatic rings. The van der Waals surface area contributed by atoms with Gasteiger partial charge in [-0.05, 0) is 81.0 Å². The van der Waals surface area contributed by atoms with E-state index in [1.165, 1.54) is 12.1 Å². The van der Waals surface area contributed by atoms with Crippen molar-refractivity contribution in [2.75, 3.05) is 18.9 Å². The van der Waals surface area contributed by atoms with Crippen molar-refractivity contribution in [1.82, 2.24) is 4.72 Å². The van der Waals surface area contributed by atoms with Crippen LogP contribution in [0.25, 0.3) is 0 Å². The first kappa shape index (κ1) is 26.0. The van der Waals surface area contributed by atoms with Gasteiger partial charge < -0.3 is 4.74 Å². The van der Waals surface area contributed by atoms with Crippen molar-refractivity contribution in [2.24, 2.45) is 0 Å². The molecule has 1 N–H and O–H groups in total. The molecule has 2 aromatic carbocycles. The minimum Gasteiger partial charge on any atom is -0.466 e. The van der Waals surface area contributed by atoms with Crippen LogP contribution in [0.5, 0.6) is 0 Å². The third kappa shape index (κ3) is 6.17. The van der Waals surface area contributed by atoms with Gasteiger partial charge in [0.25, 0.3) is 0 Å². The summed E-state index contributed by atoms with van der Waals surface area (Å²) in [5.74, 6) is -0.726. The average Bonchev–Trinajstić information content (AvgIpc) is 2.74. The van der Waals surface area contributed by atoms with Crippen molar-refractivity contribution in [3.05, 3.63) is 58.1 Å². The highest BCUT2D eigenvalue weighted by Crippen LogP contribution is 2.29. The number of ether oxygens (including phenoxy) is 1. The first-order valence-corrected chi connectivity index (χ1v) is 13.5. The lowest BCUT2D eigenvalue weighted by atomic mass is 9.95. The maximum atomic E-state index is 12.8. The molecule has 2 aromatic rings. The van der Waals surface area contributed by atoms with Crippen LogP contribution in [0, 0.1) is 34.6 Å². The Balaban J connectivity index is 1.86. The van der Waals surface area contributed by atoms with E-state index in [2.05, 4.69) is 4.72 Å². The van der Waals surface area contributed by atoms with Crippen LogP contribution in [-0.2, 0) is 29.4 Å². The number of sulfonamides is 1. The number of carbonyl (C=O) groups is 1. The molecule has 0 aliphatic carbocycles. The lowest BCUT2D eigenvalue weighted by Crippen LogP contribution is -2.28. The fourth-order valence-corrected chi connectivity index (χ4v) is 6.41. The van der Waals surface area contributed by atoms with Gasteiger partial charge in [-0.25, -0.2) is 21.6 Å². The van der Waals surface area contributed by atoms with E-state index >= 15 is 0 Å². The molecule has 0 saturated heterocycles. The molecule has 0 aliphatic heterocycles. The van der Waals surface area contributed by atoms with Crippen molar-refractivity contribution in [1.29, 1.82) is 0 Å². The average molecular weight is 482 g/mol. The van der Waals surface area contributed by atoms with Crippen molar-refractivity contribution < 1.29 is 26.4 Å². The van der Waals surface area contributed by atoms with E-state index in [1.54, 1.807) is 32.0 Å². The largest absolute Gasteiger partial charge is 0.466 e. The topological polar surface area (TPSA) is 107 Å². The van der Waals surface area contributed by atoms with Crippen LogP contribution in [-0.4, -0.2) is 41.7 Å². The Morgan fingerprint density at radius 2 is 1.38 bits per heavy atom. The minimum atomic E-state index is -3.79. The van der Waals surface area contributed by atoms with Crippen LogP contribution in [0.15, 0.2) is 40.1 Å². The lowest BCUT2D eigenvalue weighted by molar-refractivity contribution is -0.143. The summed E-state index contributed by atoms with van der Waals surface area (Å²) in [6.45, 7) is 9.16. The predicted molar refractivity (Wildman–Crippen MR) is 124 cm³/mol.